The highest BCUT2D eigenvalue weighted by Crippen LogP contribution is 2.18. The second-order valence-corrected chi connectivity index (χ2v) is 18.8. The summed E-state index contributed by atoms with van der Waals surface area (Å²) < 4.78 is 16.8. The van der Waals surface area contributed by atoms with Gasteiger partial charge >= 0.3 is 17.9 Å². The number of carbonyl (C=O) groups excluding carboxylic acids is 3. The summed E-state index contributed by atoms with van der Waals surface area (Å²) in [6.07, 6.45) is 42.3. The maximum atomic E-state index is 12.7. The van der Waals surface area contributed by atoms with Crippen LogP contribution in [0.5, 0.6) is 0 Å². The number of hydrogen-bond donors (Lipinski definition) is 0. The van der Waals surface area contributed by atoms with E-state index in [0.717, 1.165) is 75.5 Å². The lowest BCUT2D eigenvalue weighted by atomic mass is 9.99. The van der Waals surface area contributed by atoms with Crippen LogP contribution in [0, 0.1) is 17.8 Å². The molecule has 0 spiro atoms. The average Bonchev–Trinajstić information content (AvgIpc) is 3.21. The van der Waals surface area contributed by atoms with Crippen LogP contribution in [-0.2, 0) is 28.6 Å². The van der Waals surface area contributed by atoms with E-state index in [0.29, 0.717) is 19.3 Å². The summed E-state index contributed by atoms with van der Waals surface area (Å²) in [6, 6.07) is 0. The zero-order chi connectivity index (χ0) is 42.7. The summed E-state index contributed by atoms with van der Waals surface area (Å²) in [4.78, 5) is 37.9. The number of unbranched alkanes of at least 4 members (excludes halogenated alkanes) is 26. The lowest BCUT2D eigenvalue weighted by Crippen LogP contribution is -2.30. The molecule has 0 bridgehead atoms. The monoisotopic (exact) mass is 821 g/mol. The number of rotatable bonds is 45. The van der Waals surface area contributed by atoms with E-state index in [1.807, 2.05) is 0 Å². The first-order chi connectivity index (χ1) is 28.2. The van der Waals surface area contributed by atoms with Gasteiger partial charge in [0.2, 0.25) is 0 Å². The van der Waals surface area contributed by atoms with E-state index in [1.54, 1.807) is 0 Å². The van der Waals surface area contributed by atoms with Crippen LogP contribution >= 0.6 is 0 Å². The minimum absolute atomic E-state index is 0.0657. The Morgan fingerprint density at radius 1 is 0.345 bits per heavy atom. The van der Waals surface area contributed by atoms with Gasteiger partial charge in [-0.3, -0.25) is 14.4 Å². The molecule has 0 aromatic heterocycles. The Bertz CT molecular complexity index is 902. The van der Waals surface area contributed by atoms with Crippen molar-refractivity contribution in [1.29, 1.82) is 0 Å². The second-order valence-electron chi connectivity index (χ2n) is 18.8. The van der Waals surface area contributed by atoms with Crippen LogP contribution in [-0.4, -0.2) is 37.2 Å². The van der Waals surface area contributed by atoms with Crippen LogP contribution in [0.15, 0.2) is 0 Å². The largest absolute Gasteiger partial charge is 0.462 e. The summed E-state index contributed by atoms with van der Waals surface area (Å²) in [5.41, 5.74) is 0. The highest BCUT2D eigenvalue weighted by Gasteiger charge is 2.19. The summed E-state index contributed by atoms with van der Waals surface area (Å²) in [5, 5.41) is 0. The minimum atomic E-state index is -0.763. The van der Waals surface area contributed by atoms with E-state index in [9.17, 15) is 14.4 Å². The van der Waals surface area contributed by atoms with Gasteiger partial charge in [0, 0.05) is 19.3 Å². The Morgan fingerprint density at radius 2 is 0.603 bits per heavy atom. The zero-order valence-electron chi connectivity index (χ0n) is 39.8. The Hall–Kier alpha value is -1.59. The normalized spacial score (nSPS) is 13.1. The van der Waals surface area contributed by atoms with Gasteiger partial charge in [-0.1, -0.05) is 241 Å². The van der Waals surface area contributed by atoms with E-state index in [2.05, 4.69) is 41.5 Å². The first-order valence-electron chi connectivity index (χ1n) is 25.7. The molecular weight excluding hydrogens is 721 g/mol. The van der Waals surface area contributed by atoms with Crippen molar-refractivity contribution in [1.82, 2.24) is 0 Å². The van der Waals surface area contributed by atoms with Gasteiger partial charge in [0.05, 0.1) is 0 Å². The van der Waals surface area contributed by atoms with Crippen LogP contribution in [0.2, 0.25) is 0 Å². The molecule has 0 aliphatic carbocycles. The molecule has 0 aromatic carbocycles. The minimum Gasteiger partial charge on any atom is -0.462 e. The molecule has 58 heavy (non-hydrogen) atoms. The van der Waals surface area contributed by atoms with Gasteiger partial charge in [0.25, 0.3) is 0 Å². The molecule has 0 N–H and O–H groups in total. The first-order valence-corrected chi connectivity index (χ1v) is 25.7. The van der Waals surface area contributed by atoms with Crippen molar-refractivity contribution in [3.8, 4) is 0 Å². The summed E-state index contributed by atoms with van der Waals surface area (Å²) in [7, 11) is 0. The van der Waals surface area contributed by atoms with E-state index < -0.39 is 6.10 Å². The SMILES string of the molecule is CCC(C)CCCCCCCCCCCCCCCCC(=O)OC[C@@H](COC(=O)CCCCCCCCCCCC(C)C)OC(=O)CCCCCCCCC(C)CC. The maximum absolute atomic E-state index is 12.7. The molecule has 0 aliphatic heterocycles. The predicted octanol–water partition coefficient (Wildman–Crippen LogP) is 16.4. The van der Waals surface area contributed by atoms with Crippen molar-refractivity contribution in [2.45, 2.75) is 285 Å². The Kier molecular flexibility index (Phi) is 42.3. The van der Waals surface area contributed by atoms with E-state index >= 15 is 0 Å². The standard InChI is InChI=1S/C52H100O6/c1-7-47(5)39-33-27-21-17-13-11-9-10-12-14-18-22-29-35-41-50(53)56-44-49(58-52(55)43-37-31-25-24-28-34-40-48(6)8-2)45-57-51(54)42-36-30-23-19-15-16-20-26-32-38-46(3)4/h46-49H,7-45H2,1-6H3/t47?,48?,49-/m0/s1. The fourth-order valence-corrected chi connectivity index (χ4v) is 7.70. The molecule has 0 aromatic rings. The third-order valence-corrected chi connectivity index (χ3v) is 12.4. The molecular formula is C52H100O6. The smallest absolute Gasteiger partial charge is 0.306 e. The molecule has 0 radical (unpaired) electrons. The van der Waals surface area contributed by atoms with Gasteiger partial charge < -0.3 is 14.2 Å². The lowest BCUT2D eigenvalue weighted by Gasteiger charge is -2.18. The van der Waals surface area contributed by atoms with Crippen LogP contribution in [0.3, 0.4) is 0 Å². The molecule has 0 amide bonds. The molecule has 3 atom stereocenters. The first kappa shape index (κ1) is 56.4. The predicted molar refractivity (Wildman–Crippen MR) is 247 cm³/mol. The quantitative estimate of drug-likeness (QED) is 0.0346. The van der Waals surface area contributed by atoms with Gasteiger partial charge in [-0.15, -0.1) is 0 Å². The average molecular weight is 821 g/mol. The van der Waals surface area contributed by atoms with Crippen molar-refractivity contribution in [3.05, 3.63) is 0 Å². The summed E-state index contributed by atoms with van der Waals surface area (Å²) in [5.74, 6) is 1.66. The van der Waals surface area contributed by atoms with Crippen molar-refractivity contribution >= 4 is 17.9 Å². The van der Waals surface area contributed by atoms with Gasteiger partial charge in [-0.05, 0) is 37.0 Å². The Labute approximate surface area is 361 Å². The number of carbonyl (C=O) groups is 3. The molecule has 344 valence electrons. The van der Waals surface area contributed by atoms with Crippen molar-refractivity contribution in [3.63, 3.8) is 0 Å². The molecule has 0 heterocycles. The number of hydrogen-bond acceptors (Lipinski definition) is 6. The highest BCUT2D eigenvalue weighted by molar-refractivity contribution is 5.71. The van der Waals surface area contributed by atoms with Crippen molar-refractivity contribution in [2.75, 3.05) is 13.2 Å². The molecule has 6 nitrogen and oxygen atoms in total. The van der Waals surface area contributed by atoms with Gasteiger partial charge in [-0.25, -0.2) is 0 Å². The van der Waals surface area contributed by atoms with Gasteiger partial charge in [0.15, 0.2) is 6.10 Å². The van der Waals surface area contributed by atoms with Crippen molar-refractivity contribution in [2.24, 2.45) is 17.8 Å². The summed E-state index contributed by atoms with van der Waals surface area (Å²) >= 11 is 0. The lowest BCUT2D eigenvalue weighted by molar-refractivity contribution is -0.167. The second kappa shape index (κ2) is 43.5. The van der Waals surface area contributed by atoms with Gasteiger partial charge in [0.1, 0.15) is 13.2 Å². The fourth-order valence-electron chi connectivity index (χ4n) is 7.70. The highest BCUT2D eigenvalue weighted by atomic mass is 16.6. The topological polar surface area (TPSA) is 78.9 Å². The number of ether oxygens (including phenoxy) is 3. The fraction of sp³-hybridized carbons (Fsp3) is 0.942. The van der Waals surface area contributed by atoms with Gasteiger partial charge in [-0.2, -0.15) is 0 Å². The summed E-state index contributed by atoms with van der Waals surface area (Å²) in [6.45, 7) is 13.7. The number of esters is 3. The molecule has 0 fully saturated rings. The third-order valence-electron chi connectivity index (χ3n) is 12.4. The van der Waals surface area contributed by atoms with Crippen LogP contribution in [0.4, 0.5) is 0 Å². The zero-order valence-corrected chi connectivity index (χ0v) is 39.8. The Morgan fingerprint density at radius 3 is 0.897 bits per heavy atom. The maximum Gasteiger partial charge on any atom is 0.306 e. The third kappa shape index (κ3) is 42.5. The Balaban J connectivity index is 4.26. The van der Waals surface area contributed by atoms with Crippen molar-refractivity contribution < 1.29 is 28.6 Å². The molecule has 0 saturated heterocycles. The molecule has 0 saturated carbocycles. The molecule has 0 aliphatic rings. The molecule has 0 rings (SSSR count). The van der Waals surface area contributed by atoms with Crippen LogP contribution < -0.4 is 0 Å². The molecule has 2 unspecified atom stereocenters. The molecule has 6 heteroatoms. The van der Waals surface area contributed by atoms with E-state index in [1.165, 1.54) is 161 Å². The van der Waals surface area contributed by atoms with E-state index in [-0.39, 0.29) is 31.1 Å². The van der Waals surface area contributed by atoms with E-state index in [4.69, 9.17) is 14.2 Å². The van der Waals surface area contributed by atoms with Crippen LogP contribution in [0.1, 0.15) is 279 Å². The van der Waals surface area contributed by atoms with Crippen LogP contribution in [0.25, 0.3) is 0 Å².